The average molecular weight is 697 g/mol. The number of rotatable bonds is 6. The number of hydrogen-bond donors (Lipinski definition) is 0. The Balaban J connectivity index is 0.000000147. The van der Waals surface area contributed by atoms with E-state index < -0.39 is 0 Å². The van der Waals surface area contributed by atoms with Crippen molar-refractivity contribution in [2.24, 2.45) is 80.8 Å². The van der Waals surface area contributed by atoms with Crippen molar-refractivity contribution in [3.05, 3.63) is 35.5 Å². The maximum Gasteiger partial charge on any atom is 0.156 e. The van der Waals surface area contributed by atoms with Crippen molar-refractivity contribution in [2.75, 3.05) is 0 Å². The molecule has 16 atom stereocenters. The van der Waals surface area contributed by atoms with Crippen LogP contribution in [0.2, 0.25) is 0 Å². The van der Waals surface area contributed by atoms with Crippen molar-refractivity contribution in [2.45, 2.75) is 170 Å². The van der Waals surface area contributed by atoms with Crippen LogP contribution < -0.4 is 0 Å². The van der Waals surface area contributed by atoms with Crippen molar-refractivity contribution >= 4 is 11.6 Å². The first kappa shape index (κ1) is 36.5. The zero-order chi connectivity index (χ0) is 36.1. The van der Waals surface area contributed by atoms with Gasteiger partial charge in [-0.05, 0) is 168 Å². The fourth-order valence-corrected chi connectivity index (χ4v) is 16.1. The molecule has 9 aliphatic rings. The van der Waals surface area contributed by atoms with E-state index in [2.05, 4.69) is 67.5 Å². The third-order valence-corrected chi connectivity index (χ3v) is 18.8. The van der Waals surface area contributed by atoms with Crippen LogP contribution in [-0.4, -0.2) is 23.8 Å². The summed E-state index contributed by atoms with van der Waals surface area (Å²) in [7, 11) is 0. The summed E-state index contributed by atoms with van der Waals surface area (Å²) in [5, 5.41) is 0. The molecule has 3 heteroatoms. The smallest absolute Gasteiger partial charge is 0.156 e. The van der Waals surface area contributed by atoms with E-state index in [-0.39, 0.29) is 16.9 Å². The number of fused-ring (bicyclic) bond motifs is 13. The fourth-order valence-electron chi connectivity index (χ4n) is 16.1. The summed E-state index contributed by atoms with van der Waals surface area (Å²) in [6.07, 6.45) is 29.8. The molecule has 0 radical (unpaired) electrons. The van der Waals surface area contributed by atoms with Crippen LogP contribution in [0.15, 0.2) is 35.5 Å². The van der Waals surface area contributed by atoms with Crippen molar-refractivity contribution in [1.29, 1.82) is 0 Å². The van der Waals surface area contributed by atoms with Gasteiger partial charge < -0.3 is 4.74 Å². The molecule has 0 N–H and O–H groups in total. The summed E-state index contributed by atoms with van der Waals surface area (Å²) >= 11 is 0. The minimum absolute atomic E-state index is 0.227. The Morgan fingerprint density at radius 2 is 1.25 bits per heavy atom. The monoisotopic (exact) mass is 697 g/mol. The van der Waals surface area contributed by atoms with Gasteiger partial charge in [0.25, 0.3) is 0 Å². The standard InChI is InChI=1S/C24H36O2.C24H36O/c1-5-6-14(2)16-7-8-17-20-18(10-12-23(16,17)3)24(4)11-9-15(25)13-19(24)21-22(20)26-21;1-5-6-16(2)20-9-10-21-19-8-7-17-15-18(25)11-13-23(17,3)22(19)12-14-24(20,21)4/h13-14,16-18,20-22H,5-12H2,1-4H3;7-8,15-16,19-22H,5-6,9-14H2,1-4H3/t14-,16-,17+,18+,20+,21?,22?,23-,24-;16-,19+,20-,21+,22+,23+,24-/m11/s1. The van der Waals surface area contributed by atoms with Crippen molar-refractivity contribution in [3.63, 3.8) is 0 Å². The van der Waals surface area contributed by atoms with Crippen LogP contribution in [0.5, 0.6) is 0 Å². The molecule has 0 bridgehead atoms. The van der Waals surface area contributed by atoms with Crippen molar-refractivity contribution in [1.82, 2.24) is 0 Å². The number of ether oxygens (including phenoxy) is 1. The van der Waals surface area contributed by atoms with E-state index in [1.165, 1.54) is 88.2 Å². The summed E-state index contributed by atoms with van der Waals surface area (Å²) in [5.74, 6) is 8.93. The highest BCUT2D eigenvalue weighted by atomic mass is 16.6. The zero-order valence-corrected chi connectivity index (χ0v) is 33.8. The summed E-state index contributed by atoms with van der Waals surface area (Å²) < 4.78 is 6.31. The molecule has 3 nitrogen and oxygen atoms in total. The van der Waals surface area contributed by atoms with E-state index in [1.807, 2.05) is 12.2 Å². The Bertz CT molecular complexity index is 1480. The molecule has 5 saturated carbocycles. The SMILES string of the molecule is CCC[C@@H](C)[C@H]1CC[C@H]2[C@@H]3C4OC4C4=CC(=O)CC[C@]4(C)[C@H]3CC[C@]12C.CCC[C@@H](C)[C@H]1CC[C@H]2[C@@H]3C=CC4=CC(=O)CC[C@]4(C)[C@H]3CC[C@]12C. The molecule has 0 spiro atoms. The first-order chi connectivity index (χ1) is 24.3. The lowest BCUT2D eigenvalue weighted by Gasteiger charge is -2.57. The average Bonchev–Trinajstić information content (AvgIpc) is 3.68. The first-order valence-corrected chi connectivity index (χ1v) is 22.1. The molecule has 1 heterocycles. The van der Waals surface area contributed by atoms with Gasteiger partial charge in [0.05, 0.1) is 6.10 Å². The number of hydrogen-bond acceptors (Lipinski definition) is 3. The van der Waals surface area contributed by atoms with Gasteiger partial charge in [-0.3, -0.25) is 9.59 Å². The molecular formula is C48H72O3. The van der Waals surface area contributed by atoms with Crippen LogP contribution in [0.4, 0.5) is 0 Å². The molecule has 1 saturated heterocycles. The molecular weight excluding hydrogens is 625 g/mol. The molecule has 282 valence electrons. The molecule has 1 aliphatic heterocycles. The van der Waals surface area contributed by atoms with E-state index in [0.717, 1.165) is 84.9 Å². The Morgan fingerprint density at radius 1 is 0.686 bits per heavy atom. The van der Waals surface area contributed by atoms with Crippen LogP contribution >= 0.6 is 0 Å². The predicted molar refractivity (Wildman–Crippen MR) is 208 cm³/mol. The van der Waals surface area contributed by atoms with Crippen molar-refractivity contribution < 1.29 is 14.3 Å². The van der Waals surface area contributed by atoms with E-state index in [1.54, 1.807) is 0 Å². The van der Waals surface area contributed by atoms with Crippen LogP contribution in [0.1, 0.15) is 158 Å². The Kier molecular flexibility index (Phi) is 9.36. The molecule has 9 rings (SSSR count). The molecule has 8 aliphatic carbocycles. The van der Waals surface area contributed by atoms with Gasteiger partial charge >= 0.3 is 0 Å². The minimum atomic E-state index is 0.227. The zero-order valence-electron chi connectivity index (χ0n) is 33.8. The van der Waals surface area contributed by atoms with Crippen LogP contribution in [0, 0.1) is 80.8 Å². The van der Waals surface area contributed by atoms with Gasteiger partial charge in [0.2, 0.25) is 0 Å². The molecule has 0 aromatic rings. The van der Waals surface area contributed by atoms with Gasteiger partial charge in [-0.15, -0.1) is 0 Å². The molecule has 0 aromatic carbocycles. The highest BCUT2D eigenvalue weighted by Gasteiger charge is 2.69. The molecule has 0 aromatic heterocycles. The normalized spacial score (nSPS) is 50.0. The Hall–Kier alpha value is -1.48. The summed E-state index contributed by atoms with van der Waals surface area (Å²) in [4.78, 5) is 24.0. The lowest BCUT2D eigenvalue weighted by atomic mass is 9.46. The molecule has 51 heavy (non-hydrogen) atoms. The lowest BCUT2D eigenvalue weighted by molar-refractivity contribution is -0.117. The predicted octanol–water partition coefficient (Wildman–Crippen LogP) is 11.9. The van der Waals surface area contributed by atoms with Crippen LogP contribution in [0.3, 0.4) is 0 Å². The van der Waals surface area contributed by atoms with E-state index >= 15 is 0 Å². The Morgan fingerprint density at radius 3 is 1.90 bits per heavy atom. The second-order valence-electron chi connectivity index (χ2n) is 20.9. The first-order valence-electron chi connectivity index (χ1n) is 22.1. The maximum atomic E-state index is 12.1. The highest BCUT2D eigenvalue weighted by Crippen LogP contribution is 2.71. The number of epoxide rings is 1. The summed E-state index contributed by atoms with van der Waals surface area (Å²) in [6, 6.07) is 0. The summed E-state index contributed by atoms with van der Waals surface area (Å²) in [6.45, 7) is 19.9. The van der Waals surface area contributed by atoms with Crippen LogP contribution in [-0.2, 0) is 14.3 Å². The van der Waals surface area contributed by atoms with E-state index in [0.29, 0.717) is 28.5 Å². The largest absolute Gasteiger partial charge is 0.365 e. The van der Waals surface area contributed by atoms with Gasteiger partial charge in [-0.25, -0.2) is 0 Å². The van der Waals surface area contributed by atoms with Gasteiger partial charge in [0, 0.05) is 12.8 Å². The Labute approximate surface area is 311 Å². The van der Waals surface area contributed by atoms with E-state index in [9.17, 15) is 9.59 Å². The molecule has 0 amide bonds. The number of carbonyl (C=O) groups excluding carboxylic acids is 2. The maximum absolute atomic E-state index is 12.1. The minimum Gasteiger partial charge on any atom is -0.365 e. The van der Waals surface area contributed by atoms with Crippen molar-refractivity contribution in [3.8, 4) is 0 Å². The highest BCUT2D eigenvalue weighted by molar-refractivity contribution is 5.92. The molecule has 6 fully saturated rings. The number of carbonyl (C=O) groups is 2. The number of allylic oxidation sites excluding steroid dienone is 4. The quantitative estimate of drug-likeness (QED) is 0.260. The van der Waals surface area contributed by atoms with Gasteiger partial charge in [-0.1, -0.05) is 93.2 Å². The van der Waals surface area contributed by atoms with Gasteiger partial charge in [-0.2, -0.15) is 0 Å². The number of ketones is 2. The topological polar surface area (TPSA) is 46.7 Å². The lowest BCUT2D eigenvalue weighted by Crippen LogP contribution is -2.53. The van der Waals surface area contributed by atoms with Gasteiger partial charge in [0.15, 0.2) is 11.6 Å². The van der Waals surface area contributed by atoms with Gasteiger partial charge in [0.1, 0.15) is 6.10 Å². The fraction of sp³-hybridized carbons (Fsp3) is 0.833. The van der Waals surface area contributed by atoms with Crippen LogP contribution in [0.25, 0.3) is 0 Å². The molecule has 2 unspecified atom stereocenters. The summed E-state index contributed by atoms with van der Waals surface area (Å²) in [5.41, 5.74) is 4.25. The second-order valence-corrected chi connectivity index (χ2v) is 20.9. The third-order valence-electron chi connectivity index (χ3n) is 18.8. The van der Waals surface area contributed by atoms with E-state index in [4.69, 9.17) is 4.74 Å². The second kappa shape index (κ2) is 13.1. The third kappa shape index (κ3) is 5.55.